The molecule has 2 nitrogen and oxygen atoms in total. The molecule has 30 heavy (non-hydrogen) atoms. The number of hydrogen-bond acceptors (Lipinski definition) is 2. The lowest BCUT2D eigenvalue weighted by atomic mass is 9.95. The van der Waals surface area contributed by atoms with E-state index in [9.17, 15) is 0 Å². The normalized spacial score (nSPS) is 10.8. The van der Waals surface area contributed by atoms with E-state index in [2.05, 4.69) is 97.2 Å². The van der Waals surface area contributed by atoms with Crippen molar-refractivity contribution in [1.82, 2.24) is 0 Å². The zero-order valence-electron chi connectivity index (χ0n) is 18.1. The number of nitrogens with two attached hydrogens (primary N) is 1. The first kappa shape index (κ1) is 24.5. The summed E-state index contributed by atoms with van der Waals surface area (Å²) in [5.41, 5.74) is 11.5. The average molecular weight is 397 g/mol. The van der Waals surface area contributed by atoms with Crippen molar-refractivity contribution in [3.05, 3.63) is 133 Å². The van der Waals surface area contributed by atoms with Crippen LogP contribution in [0.1, 0.15) is 22.3 Å². The number of rotatable bonds is 6. The van der Waals surface area contributed by atoms with Crippen LogP contribution in [0.15, 0.2) is 116 Å². The molecular formula is C28H32N2. The molecule has 0 aliphatic heterocycles. The number of aliphatic imine (C=N–C) groups is 1. The Morgan fingerprint density at radius 3 is 1.77 bits per heavy atom. The summed E-state index contributed by atoms with van der Waals surface area (Å²) in [5.74, 6) is 0. The SMILES string of the molecule is C=C.C=Cc1ccc(C/C(=C\C(=NC)c2ccccc2)c2ccccc2)cc1.CN. The second-order valence-electron chi connectivity index (χ2n) is 6.13. The van der Waals surface area contributed by atoms with E-state index in [1.807, 2.05) is 37.4 Å². The van der Waals surface area contributed by atoms with Gasteiger partial charge in [-0.15, -0.1) is 13.2 Å². The van der Waals surface area contributed by atoms with Gasteiger partial charge >= 0.3 is 0 Å². The molecule has 0 amide bonds. The molecule has 0 saturated heterocycles. The Labute approximate surface area is 181 Å². The van der Waals surface area contributed by atoms with Crippen LogP contribution in [0, 0.1) is 0 Å². The smallest absolute Gasteiger partial charge is 0.0646 e. The minimum atomic E-state index is 0.854. The van der Waals surface area contributed by atoms with Gasteiger partial charge in [0.1, 0.15) is 0 Å². The fourth-order valence-electron chi connectivity index (χ4n) is 2.93. The summed E-state index contributed by atoms with van der Waals surface area (Å²) < 4.78 is 0. The maximum Gasteiger partial charge on any atom is 0.0646 e. The molecule has 0 heterocycles. The van der Waals surface area contributed by atoms with Crippen LogP contribution < -0.4 is 5.73 Å². The predicted octanol–water partition coefficient (Wildman–Crippen LogP) is 6.45. The van der Waals surface area contributed by atoms with Gasteiger partial charge in [0.2, 0.25) is 0 Å². The summed E-state index contributed by atoms with van der Waals surface area (Å²) in [6.45, 7) is 9.83. The summed E-state index contributed by atoms with van der Waals surface area (Å²) >= 11 is 0. The number of hydrogen-bond donors (Lipinski definition) is 1. The Morgan fingerprint density at radius 1 is 0.800 bits per heavy atom. The first-order valence-corrected chi connectivity index (χ1v) is 9.87. The summed E-state index contributed by atoms with van der Waals surface area (Å²) in [5, 5.41) is 0. The van der Waals surface area contributed by atoms with E-state index >= 15 is 0 Å². The lowest BCUT2D eigenvalue weighted by Crippen LogP contribution is -2.00. The zero-order chi connectivity index (χ0) is 22.2. The second-order valence-corrected chi connectivity index (χ2v) is 6.13. The van der Waals surface area contributed by atoms with Crippen molar-refractivity contribution in [1.29, 1.82) is 0 Å². The van der Waals surface area contributed by atoms with Crippen molar-refractivity contribution in [2.75, 3.05) is 14.1 Å². The van der Waals surface area contributed by atoms with Crippen molar-refractivity contribution < 1.29 is 0 Å². The maximum atomic E-state index is 4.52. The van der Waals surface area contributed by atoms with Crippen LogP contribution in [0.4, 0.5) is 0 Å². The van der Waals surface area contributed by atoms with Crippen molar-refractivity contribution in [2.24, 2.45) is 10.7 Å². The van der Waals surface area contributed by atoms with Crippen LogP contribution in [0.5, 0.6) is 0 Å². The van der Waals surface area contributed by atoms with Gasteiger partial charge in [0.25, 0.3) is 0 Å². The molecule has 0 fully saturated rings. The molecule has 0 aromatic heterocycles. The highest BCUT2D eigenvalue weighted by molar-refractivity contribution is 6.12. The molecule has 3 aromatic carbocycles. The van der Waals surface area contributed by atoms with Gasteiger partial charge in [0.15, 0.2) is 0 Å². The standard InChI is InChI=1S/C25H23N.C2H4.CH5N/c1-3-20-14-16-21(17-15-20)18-24(22-10-6-4-7-11-22)19-25(26-2)23-12-8-5-9-13-23;2*1-2/h3-17,19H,1,18H2,2H3;1-2H2;2H2,1H3/b24-19+,26-25?;;. The van der Waals surface area contributed by atoms with Crippen molar-refractivity contribution in [2.45, 2.75) is 6.42 Å². The molecular weight excluding hydrogens is 364 g/mol. The van der Waals surface area contributed by atoms with E-state index < -0.39 is 0 Å². The van der Waals surface area contributed by atoms with Crippen molar-refractivity contribution >= 4 is 17.4 Å². The summed E-state index contributed by atoms with van der Waals surface area (Å²) in [7, 11) is 3.35. The summed E-state index contributed by atoms with van der Waals surface area (Å²) in [6, 6.07) is 29.4. The van der Waals surface area contributed by atoms with E-state index in [4.69, 9.17) is 0 Å². The maximum absolute atomic E-state index is 4.52. The molecule has 0 aliphatic rings. The second kappa shape index (κ2) is 14.5. The molecule has 0 radical (unpaired) electrons. The van der Waals surface area contributed by atoms with Gasteiger partial charge in [0.05, 0.1) is 5.71 Å². The summed E-state index contributed by atoms with van der Waals surface area (Å²) in [6.07, 6.45) is 4.92. The Hall–Kier alpha value is -3.49. The molecule has 0 unspecified atom stereocenters. The van der Waals surface area contributed by atoms with Crippen LogP contribution in [0.25, 0.3) is 11.6 Å². The minimum absolute atomic E-state index is 0.854. The Kier molecular flexibility index (Phi) is 11.9. The van der Waals surface area contributed by atoms with E-state index in [0.29, 0.717) is 0 Å². The fourth-order valence-corrected chi connectivity index (χ4v) is 2.93. The first-order chi connectivity index (χ1) is 14.8. The van der Waals surface area contributed by atoms with Gasteiger partial charge in [-0.1, -0.05) is 97.6 Å². The van der Waals surface area contributed by atoms with Gasteiger partial charge in [-0.2, -0.15) is 0 Å². The van der Waals surface area contributed by atoms with E-state index in [1.165, 1.54) is 23.7 Å². The molecule has 0 aliphatic carbocycles. The first-order valence-electron chi connectivity index (χ1n) is 9.87. The molecule has 154 valence electrons. The van der Waals surface area contributed by atoms with Gasteiger partial charge in [-0.25, -0.2) is 0 Å². The predicted molar refractivity (Wildman–Crippen MR) is 135 cm³/mol. The number of nitrogens with zero attached hydrogens (tertiary/aromatic N) is 1. The van der Waals surface area contributed by atoms with Crippen molar-refractivity contribution in [3.8, 4) is 0 Å². The van der Waals surface area contributed by atoms with Crippen LogP contribution in [-0.4, -0.2) is 19.8 Å². The molecule has 0 saturated carbocycles. The van der Waals surface area contributed by atoms with E-state index in [1.54, 1.807) is 0 Å². The number of benzene rings is 3. The monoisotopic (exact) mass is 396 g/mol. The molecule has 2 N–H and O–H groups in total. The van der Waals surface area contributed by atoms with E-state index in [-0.39, 0.29) is 0 Å². The number of allylic oxidation sites excluding steroid dienone is 2. The molecule has 0 bridgehead atoms. The Morgan fingerprint density at radius 2 is 1.30 bits per heavy atom. The molecule has 3 rings (SSSR count). The highest BCUT2D eigenvalue weighted by Gasteiger charge is 2.07. The minimum Gasteiger partial charge on any atom is -0.333 e. The zero-order valence-corrected chi connectivity index (χ0v) is 18.1. The van der Waals surface area contributed by atoms with Gasteiger partial charge < -0.3 is 5.73 Å². The largest absolute Gasteiger partial charge is 0.333 e. The Bertz CT molecular complexity index is 921. The van der Waals surface area contributed by atoms with E-state index in [0.717, 1.165) is 23.3 Å². The van der Waals surface area contributed by atoms with Crippen LogP contribution in [0.3, 0.4) is 0 Å². The average Bonchev–Trinajstić information content (AvgIpc) is 2.85. The fraction of sp³-hybridized carbons (Fsp3) is 0.107. The van der Waals surface area contributed by atoms with Crippen LogP contribution in [0.2, 0.25) is 0 Å². The quantitative estimate of drug-likeness (QED) is 0.377. The Balaban J connectivity index is 0.00000106. The molecule has 0 spiro atoms. The van der Waals surface area contributed by atoms with Crippen LogP contribution in [-0.2, 0) is 6.42 Å². The topological polar surface area (TPSA) is 38.4 Å². The lowest BCUT2D eigenvalue weighted by molar-refractivity contribution is 1.28. The molecule has 2 heteroatoms. The third-order valence-corrected chi connectivity index (χ3v) is 4.38. The third-order valence-electron chi connectivity index (χ3n) is 4.38. The third kappa shape index (κ3) is 7.50. The highest BCUT2D eigenvalue weighted by atomic mass is 14.7. The molecule has 3 aromatic rings. The highest BCUT2D eigenvalue weighted by Crippen LogP contribution is 2.21. The van der Waals surface area contributed by atoms with Gasteiger partial charge in [0, 0.05) is 7.05 Å². The summed E-state index contributed by atoms with van der Waals surface area (Å²) in [4.78, 5) is 4.52. The molecule has 0 atom stereocenters. The van der Waals surface area contributed by atoms with Crippen LogP contribution >= 0.6 is 0 Å². The van der Waals surface area contributed by atoms with Gasteiger partial charge in [-0.05, 0) is 47.4 Å². The van der Waals surface area contributed by atoms with Gasteiger partial charge in [-0.3, -0.25) is 4.99 Å². The lowest BCUT2D eigenvalue weighted by Gasteiger charge is -2.11. The van der Waals surface area contributed by atoms with Crippen molar-refractivity contribution in [3.63, 3.8) is 0 Å².